The van der Waals surface area contributed by atoms with Gasteiger partial charge >= 0.3 is 0 Å². The number of hydrogen-bond donors (Lipinski definition) is 2. The Balaban J connectivity index is 1.50. The second-order valence-corrected chi connectivity index (χ2v) is 7.15. The van der Waals surface area contributed by atoms with Crippen LogP contribution < -0.4 is 10.6 Å². The number of aliphatic imine (C=N–C) groups is 1. The summed E-state index contributed by atoms with van der Waals surface area (Å²) in [5.74, 6) is 1.42. The molecule has 0 saturated carbocycles. The highest BCUT2D eigenvalue weighted by molar-refractivity contribution is 9.10. The van der Waals surface area contributed by atoms with Gasteiger partial charge in [-0.25, -0.2) is 0 Å². The summed E-state index contributed by atoms with van der Waals surface area (Å²) in [7, 11) is 1.79. The molecule has 0 aromatic carbocycles. The van der Waals surface area contributed by atoms with Gasteiger partial charge in [-0.05, 0) is 34.8 Å². The van der Waals surface area contributed by atoms with Crippen molar-refractivity contribution >= 4 is 33.2 Å². The van der Waals surface area contributed by atoms with Crippen LogP contribution in [-0.4, -0.2) is 46.0 Å². The van der Waals surface area contributed by atoms with Gasteiger partial charge in [0.05, 0.1) is 19.8 Å². The minimum atomic E-state index is 0.590. The van der Waals surface area contributed by atoms with Crippen LogP contribution in [0.15, 0.2) is 20.9 Å². The van der Waals surface area contributed by atoms with Gasteiger partial charge in [-0.3, -0.25) is 4.99 Å². The molecular formula is C15H24BrN3O2S. The van der Waals surface area contributed by atoms with Crippen LogP contribution in [0.2, 0.25) is 0 Å². The smallest absolute Gasteiger partial charge is 0.191 e. The molecule has 1 atom stereocenters. The first-order valence-corrected chi connectivity index (χ1v) is 9.28. The Labute approximate surface area is 144 Å². The van der Waals surface area contributed by atoms with Crippen molar-refractivity contribution < 1.29 is 9.47 Å². The maximum Gasteiger partial charge on any atom is 0.191 e. The van der Waals surface area contributed by atoms with E-state index in [1.165, 1.54) is 4.88 Å². The number of halogens is 1. The third kappa shape index (κ3) is 6.64. The Morgan fingerprint density at radius 2 is 2.45 bits per heavy atom. The highest BCUT2D eigenvalue weighted by atomic mass is 79.9. The van der Waals surface area contributed by atoms with E-state index >= 15 is 0 Å². The molecule has 1 aliphatic rings. The zero-order chi connectivity index (χ0) is 15.6. The van der Waals surface area contributed by atoms with Gasteiger partial charge in [0, 0.05) is 47.5 Å². The number of ether oxygens (including phenoxy) is 2. The zero-order valence-electron chi connectivity index (χ0n) is 12.9. The average molecular weight is 390 g/mol. The van der Waals surface area contributed by atoms with E-state index in [1.807, 2.05) is 0 Å². The van der Waals surface area contributed by atoms with Gasteiger partial charge in [0.25, 0.3) is 0 Å². The maximum atomic E-state index is 5.68. The normalized spacial score (nSPS) is 18.6. The van der Waals surface area contributed by atoms with E-state index in [9.17, 15) is 0 Å². The second kappa shape index (κ2) is 10.2. The Hall–Kier alpha value is -0.630. The first kappa shape index (κ1) is 17.7. The van der Waals surface area contributed by atoms with Gasteiger partial charge in [0.1, 0.15) is 0 Å². The first-order chi connectivity index (χ1) is 10.8. The fourth-order valence-corrected chi connectivity index (χ4v) is 3.57. The lowest BCUT2D eigenvalue weighted by Gasteiger charge is -2.12. The van der Waals surface area contributed by atoms with Crippen molar-refractivity contribution in [1.29, 1.82) is 0 Å². The van der Waals surface area contributed by atoms with Crippen LogP contribution in [-0.2, 0) is 16.0 Å². The number of nitrogens with zero attached hydrogens (tertiary/aromatic N) is 1. The zero-order valence-corrected chi connectivity index (χ0v) is 15.3. The molecule has 1 aliphatic heterocycles. The molecule has 5 nitrogen and oxygen atoms in total. The number of thiophene rings is 1. The summed E-state index contributed by atoms with van der Waals surface area (Å²) in [6.45, 7) is 4.98. The minimum absolute atomic E-state index is 0.590. The van der Waals surface area contributed by atoms with Crippen LogP contribution in [0.25, 0.3) is 0 Å². The van der Waals surface area contributed by atoms with Crippen LogP contribution in [0.3, 0.4) is 0 Å². The Morgan fingerprint density at radius 3 is 3.14 bits per heavy atom. The molecule has 2 heterocycles. The molecule has 22 heavy (non-hydrogen) atoms. The van der Waals surface area contributed by atoms with E-state index in [0.717, 1.165) is 62.8 Å². The highest BCUT2D eigenvalue weighted by Gasteiger charge is 2.15. The van der Waals surface area contributed by atoms with Crippen molar-refractivity contribution in [3.8, 4) is 0 Å². The van der Waals surface area contributed by atoms with E-state index < -0.39 is 0 Å². The largest absolute Gasteiger partial charge is 0.381 e. The van der Waals surface area contributed by atoms with Gasteiger partial charge in [-0.15, -0.1) is 11.3 Å². The molecule has 0 bridgehead atoms. The predicted molar refractivity (Wildman–Crippen MR) is 94.6 cm³/mol. The Kier molecular flexibility index (Phi) is 8.22. The van der Waals surface area contributed by atoms with E-state index in [2.05, 4.69) is 43.0 Å². The molecule has 0 radical (unpaired) electrons. The molecule has 1 saturated heterocycles. The third-order valence-electron chi connectivity index (χ3n) is 3.41. The van der Waals surface area contributed by atoms with Crippen molar-refractivity contribution in [2.45, 2.75) is 19.4 Å². The number of guanidine groups is 1. The predicted octanol–water partition coefficient (Wildman–Crippen LogP) is 2.62. The van der Waals surface area contributed by atoms with Crippen LogP contribution in [0, 0.1) is 5.92 Å². The SMILES string of the molecule is CN=C(NCCCOCC1CCOC1)NCc1cc(Br)cs1. The Morgan fingerprint density at radius 1 is 1.55 bits per heavy atom. The second-order valence-electron chi connectivity index (χ2n) is 5.24. The summed E-state index contributed by atoms with van der Waals surface area (Å²) in [4.78, 5) is 5.50. The number of hydrogen-bond acceptors (Lipinski definition) is 4. The van der Waals surface area contributed by atoms with E-state index in [1.54, 1.807) is 18.4 Å². The summed E-state index contributed by atoms with van der Waals surface area (Å²) in [6, 6.07) is 2.12. The lowest BCUT2D eigenvalue weighted by atomic mass is 10.1. The summed E-state index contributed by atoms with van der Waals surface area (Å²) in [5, 5.41) is 8.69. The van der Waals surface area contributed by atoms with Gasteiger partial charge in [-0.2, -0.15) is 0 Å². The van der Waals surface area contributed by atoms with Crippen LogP contribution in [0.1, 0.15) is 17.7 Å². The fourth-order valence-electron chi connectivity index (χ4n) is 2.18. The fraction of sp³-hybridized carbons (Fsp3) is 0.667. The molecular weight excluding hydrogens is 366 g/mol. The van der Waals surface area contributed by atoms with E-state index in [4.69, 9.17) is 9.47 Å². The standard InChI is InChI=1S/C15H24BrN3O2S/c1-17-15(19-8-14-7-13(16)11-22-14)18-4-2-5-20-9-12-3-6-21-10-12/h7,11-12H,2-6,8-10H2,1H3,(H2,17,18,19). The number of nitrogens with one attached hydrogen (secondary N) is 2. The van der Waals surface area contributed by atoms with Crippen LogP contribution in [0.4, 0.5) is 0 Å². The lowest BCUT2D eigenvalue weighted by molar-refractivity contribution is 0.0888. The van der Waals surface area contributed by atoms with Crippen LogP contribution in [0.5, 0.6) is 0 Å². The van der Waals surface area contributed by atoms with E-state index in [0.29, 0.717) is 5.92 Å². The van der Waals surface area contributed by atoms with Gasteiger partial charge in [0.15, 0.2) is 5.96 Å². The quantitative estimate of drug-likeness (QED) is 0.407. The van der Waals surface area contributed by atoms with Gasteiger partial charge in [0.2, 0.25) is 0 Å². The molecule has 2 N–H and O–H groups in total. The molecule has 2 rings (SSSR count). The van der Waals surface area contributed by atoms with Crippen molar-refractivity contribution in [2.75, 3.05) is 40.0 Å². The molecule has 0 amide bonds. The average Bonchev–Trinajstić information content (AvgIpc) is 3.17. The molecule has 1 aromatic rings. The monoisotopic (exact) mass is 389 g/mol. The minimum Gasteiger partial charge on any atom is -0.381 e. The van der Waals surface area contributed by atoms with Crippen molar-refractivity contribution in [1.82, 2.24) is 10.6 Å². The summed E-state index contributed by atoms with van der Waals surface area (Å²) >= 11 is 5.19. The van der Waals surface area contributed by atoms with Gasteiger partial charge < -0.3 is 20.1 Å². The Bertz CT molecular complexity index is 461. The maximum absolute atomic E-state index is 5.68. The molecule has 0 aliphatic carbocycles. The molecule has 1 aromatic heterocycles. The third-order valence-corrected chi connectivity index (χ3v) is 5.11. The topological polar surface area (TPSA) is 54.9 Å². The van der Waals surface area contributed by atoms with E-state index in [-0.39, 0.29) is 0 Å². The molecule has 124 valence electrons. The molecule has 1 unspecified atom stereocenters. The van der Waals surface area contributed by atoms with Crippen LogP contribution >= 0.6 is 27.3 Å². The summed E-state index contributed by atoms with van der Waals surface area (Å²) in [6.07, 6.45) is 2.10. The molecule has 7 heteroatoms. The lowest BCUT2D eigenvalue weighted by Crippen LogP contribution is -2.37. The molecule has 0 spiro atoms. The first-order valence-electron chi connectivity index (χ1n) is 7.61. The summed E-state index contributed by atoms with van der Waals surface area (Å²) < 4.78 is 12.1. The molecule has 1 fully saturated rings. The van der Waals surface area contributed by atoms with Gasteiger partial charge in [-0.1, -0.05) is 0 Å². The van der Waals surface area contributed by atoms with Crippen molar-refractivity contribution in [3.05, 3.63) is 20.8 Å². The highest BCUT2D eigenvalue weighted by Crippen LogP contribution is 2.19. The number of rotatable bonds is 8. The van der Waals surface area contributed by atoms with Crippen molar-refractivity contribution in [2.24, 2.45) is 10.9 Å². The van der Waals surface area contributed by atoms with Crippen molar-refractivity contribution in [3.63, 3.8) is 0 Å². The summed E-state index contributed by atoms with van der Waals surface area (Å²) in [5.41, 5.74) is 0.